The fraction of sp³-hybridized carbons (Fsp3) is 0. The van der Waals surface area contributed by atoms with Crippen LogP contribution < -0.4 is 4.74 Å². The molecule has 0 bridgehead atoms. The number of hydrogen-bond acceptors (Lipinski definition) is 6. The molecule has 1 N–H and O–H groups in total. The van der Waals surface area contributed by atoms with Crippen LogP contribution in [0.25, 0.3) is 0 Å². The van der Waals surface area contributed by atoms with Gasteiger partial charge in [0.05, 0.1) is 9.40 Å². The van der Waals surface area contributed by atoms with Crippen molar-refractivity contribution in [1.82, 2.24) is 10.2 Å². The number of nitro benzene ring substituents is 1. The summed E-state index contributed by atoms with van der Waals surface area (Å²) in [6.07, 6.45) is 0. The van der Waals surface area contributed by atoms with E-state index < -0.39 is 10.9 Å². The molecule has 8 nitrogen and oxygen atoms in total. The smallest absolute Gasteiger partial charge is 0.356 e. The summed E-state index contributed by atoms with van der Waals surface area (Å²) >= 11 is 3.14. The zero-order chi connectivity index (χ0) is 14.7. The predicted octanol–water partition coefficient (Wildman–Crippen LogP) is 2.64. The van der Waals surface area contributed by atoms with E-state index in [9.17, 15) is 14.9 Å². The fourth-order valence-electron chi connectivity index (χ4n) is 1.34. The van der Waals surface area contributed by atoms with Crippen molar-refractivity contribution in [2.24, 2.45) is 0 Å². The molecule has 0 unspecified atom stereocenters. The molecule has 9 heteroatoms. The number of aromatic nitrogens is 2. The summed E-state index contributed by atoms with van der Waals surface area (Å²) in [5.74, 6) is -1.31. The summed E-state index contributed by atoms with van der Waals surface area (Å²) in [7, 11) is 0. The first-order chi connectivity index (χ1) is 9.49. The second kappa shape index (κ2) is 5.61. The van der Waals surface area contributed by atoms with Gasteiger partial charge in [-0.3, -0.25) is 10.1 Å². The third kappa shape index (κ3) is 2.88. The molecule has 20 heavy (non-hydrogen) atoms. The van der Waals surface area contributed by atoms with Gasteiger partial charge < -0.3 is 9.84 Å². The molecule has 1 heterocycles. The standard InChI is InChI=1S/C11H6BrN3O5/c12-6-2-1-3-8(15(18)19)10(6)20-9-5-4-7(11(16)17)13-14-9/h1-5H,(H,16,17). The lowest BCUT2D eigenvalue weighted by atomic mass is 10.3. The van der Waals surface area contributed by atoms with Crippen molar-refractivity contribution in [1.29, 1.82) is 0 Å². The second-order valence-electron chi connectivity index (χ2n) is 3.51. The van der Waals surface area contributed by atoms with Gasteiger partial charge >= 0.3 is 11.7 Å². The van der Waals surface area contributed by atoms with Gasteiger partial charge in [-0.2, -0.15) is 0 Å². The van der Waals surface area contributed by atoms with Crippen molar-refractivity contribution in [2.45, 2.75) is 0 Å². The molecule has 1 aromatic carbocycles. The van der Waals surface area contributed by atoms with E-state index in [-0.39, 0.29) is 23.0 Å². The summed E-state index contributed by atoms with van der Waals surface area (Å²) in [5, 5.41) is 26.5. The largest absolute Gasteiger partial charge is 0.476 e. The van der Waals surface area contributed by atoms with E-state index >= 15 is 0 Å². The van der Waals surface area contributed by atoms with Crippen LogP contribution in [0.2, 0.25) is 0 Å². The van der Waals surface area contributed by atoms with E-state index in [4.69, 9.17) is 9.84 Å². The Morgan fingerprint density at radius 1 is 1.30 bits per heavy atom. The Morgan fingerprint density at radius 2 is 2.05 bits per heavy atom. The van der Waals surface area contributed by atoms with Gasteiger partial charge in [0, 0.05) is 12.1 Å². The minimum Gasteiger partial charge on any atom is -0.476 e. The maximum Gasteiger partial charge on any atom is 0.356 e. The molecule has 0 amide bonds. The fourth-order valence-corrected chi connectivity index (χ4v) is 1.77. The topological polar surface area (TPSA) is 115 Å². The molecule has 102 valence electrons. The number of carboxylic acid groups (broad SMARTS) is 1. The Labute approximate surface area is 120 Å². The van der Waals surface area contributed by atoms with Crippen LogP contribution in [0, 0.1) is 10.1 Å². The summed E-state index contributed by atoms with van der Waals surface area (Å²) in [6, 6.07) is 6.79. The lowest BCUT2D eigenvalue weighted by Gasteiger charge is -2.06. The maximum atomic E-state index is 10.9. The number of nitrogens with zero attached hydrogens (tertiary/aromatic N) is 3. The van der Waals surface area contributed by atoms with E-state index in [1.54, 1.807) is 6.07 Å². The Kier molecular flexibility index (Phi) is 3.89. The average Bonchev–Trinajstić information content (AvgIpc) is 2.41. The summed E-state index contributed by atoms with van der Waals surface area (Å²) in [5.41, 5.74) is -0.498. The zero-order valence-electron chi connectivity index (χ0n) is 9.69. The van der Waals surface area contributed by atoms with E-state index in [0.29, 0.717) is 4.47 Å². The number of carboxylic acids is 1. The van der Waals surface area contributed by atoms with Gasteiger partial charge in [-0.25, -0.2) is 4.79 Å². The third-order valence-electron chi connectivity index (χ3n) is 2.21. The molecule has 0 saturated heterocycles. The Balaban J connectivity index is 2.34. The Hall–Kier alpha value is -2.55. The lowest BCUT2D eigenvalue weighted by Crippen LogP contribution is -2.02. The summed E-state index contributed by atoms with van der Waals surface area (Å²) in [6.45, 7) is 0. The summed E-state index contributed by atoms with van der Waals surface area (Å²) in [4.78, 5) is 20.9. The first-order valence-corrected chi connectivity index (χ1v) is 5.96. The molecule has 0 aliphatic carbocycles. The minimum absolute atomic E-state index is 0.0325. The van der Waals surface area contributed by atoms with E-state index in [1.165, 1.54) is 24.3 Å². The highest BCUT2D eigenvalue weighted by Gasteiger charge is 2.19. The minimum atomic E-state index is -1.23. The van der Waals surface area contributed by atoms with Crippen LogP contribution in [0.3, 0.4) is 0 Å². The highest BCUT2D eigenvalue weighted by molar-refractivity contribution is 9.10. The number of carbonyl (C=O) groups is 1. The van der Waals surface area contributed by atoms with Gasteiger partial charge in [0.25, 0.3) is 0 Å². The van der Waals surface area contributed by atoms with Crippen LogP contribution in [0.15, 0.2) is 34.8 Å². The Bertz CT molecular complexity index is 674. The van der Waals surface area contributed by atoms with Gasteiger partial charge in [0.15, 0.2) is 5.69 Å². The number of aromatic carboxylic acids is 1. The molecular weight excluding hydrogens is 334 g/mol. The zero-order valence-corrected chi connectivity index (χ0v) is 11.3. The second-order valence-corrected chi connectivity index (χ2v) is 4.36. The average molecular weight is 340 g/mol. The van der Waals surface area contributed by atoms with Crippen molar-refractivity contribution in [3.8, 4) is 11.6 Å². The first-order valence-electron chi connectivity index (χ1n) is 5.17. The van der Waals surface area contributed by atoms with Crippen molar-refractivity contribution in [3.05, 3.63) is 50.6 Å². The molecule has 0 fully saturated rings. The van der Waals surface area contributed by atoms with Crippen LogP contribution in [-0.2, 0) is 0 Å². The van der Waals surface area contributed by atoms with Crippen LogP contribution in [-0.4, -0.2) is 26.2 Å². The van der Waals surface area contributed by atoms with Gasteiger partial charge in [-0.15, -0.1) is 10.2 Å². The molecule has 2 rings (SSSR count). The molecule has 0 aliphatic rings. The lowest BCUT2D eigenvalue weighted by molar-refractivity contribution is -0.385. The van der Waals surface area contributed by atoms with Crippen molar-refractivity contribution < 1.29 is 19.6 Å². The monoisotopic (exact) mass is 339 g/mol. The van der Waals surface area contributed by atoms with Crippen LogP contribution in [0.1, 0.15) is 10.5 Å². The van der Waals surface area contributed by atoms with Crippen molar-refractivity contribution in [2.75, 3.05) is 0 Å². The molecule has 0 atom stereocenters. The van der Waals surface area contributed by atoms with Gasteiger partial charge in [0.1, 0.15) is 0 Å². The molecule has 0 radical (unpaired) electrons. The van der Waals surface area contributed by atoms with Gasteiger partial charge in [-0.05, 0) is 28.1 Å². The number of ether oxygens (including phenoxy) is 1. The number of halogens is 1. The van der Waals surface area contributed by atoms with Crippen molar-refractivity contribution >= 4 is 27.6 Å². The number of para-hydroxylation sites is 1. The maximum absolute atomic E-state index is 10.9. The van der Waals surface area contributed by atoms with E-state index in [2.05, 4.69) is 26.1 Å². The molecule has 1 aromatic heterocycles. The number of hydrogen-bond donors (Lipinski definition) is 1. The molecule has 0 saturated carbocycles. The summed E-state index contributed by atoms with van der Waals surface area (Å²) < 4.78 is 5.65. The number of benzene rings is 1. The van der Waals surface area contributed by atoms with E-state index in [0.717, 1.165) is 0 Å². The third-order valence-corrected chi connectivity index (χ3v) is 2.83. The normalized spacial score (nSPS) is 10.1. The highest BCUT2D eigenvalue weighted by Crippen LogP contribution is 2.37. The number of rotatable bonds is 4. The van der Waals surface area contributed by atoms with E-state index in [1.807, 2.05) is 0 Å². The highest BCUT2D eigenvalue weighted by atomic mass is 79.9. The predicted molar refractivity (Wildman–Crippen MR) is 69.9 cm³/mol. The molecule has 2 aromatic rings. The molecule has 0 aliphatic heterocycles. The molecule has 0 spiro atoms. The quantitative estimate of drug-likeness (QED) is 0.672. The Morgan fingerprint density at radius 3 is 2.60 bits per heavy atom. The van der Waals surface area contributed by atoms with Gasteiger partial charge in [0.2, 0.25) is 11.6 Å². The molecular formula is C11H6BrN3O5. The van der Waals surface area contributed by atoms with Crippen LogP contribution in [0.4, 0.5) is 5.69 Å². The van der Waals surface area contributed by atoms with Crippen LogP contribution in [0.5, 0.6) is 11.6 Å². The first kappa shape index (κ1) is 13.9. The van der Waals surface area contributed by atoms with Crippen molar-refractivity contribution in [3.63, 3.8) is 0 Å². The number of nitro groups is 1. The van der Waals surface area contributed by atoms with Crippen LogP contribution >= 0.6 is 15.9 Å². The van der Waals surface area contributed by atoms with Gasteiger partial charge in [-0.1, -0.05) is 6.07 Å². The SMILES string of the molecule is O=C(O)c1ccc(Oc2c(Br)cccc2[N+](=O)[O-])nn1.